The maximum atomic E-state index is 13.9. The van der Waals surface area contributed by atoms with Crippen LogP contribution in [0.1, 0.15) is 43.7 Å². The summed E-state index contributed by atoms with van der Waals surface area (Å²) in [5, 5.41) is 3.52. The molecule has 3 aromatic rings. The second-order valence-electron chi connectivity index (χ2n) is 9.97. The fraction of sp³-hybridized carbons (Fsp3) is 0.333. The van der Waals surface area contributed by atoms with Crippen molar-refractivity contribution in [3.63, 3.8) is 0 Å². The van der Waals surface area contributed by atoms with E-state index >= 15 is 0 Å². The summed E-state index contributed by atoms with van der Waals surface area (Å²) < 4.78 is 28.7. The van der Waals surface area contributed by atoms with E-state index in [1.807, 2.05) is 37.3 Å². The van der Waals surface area contributed by atoms with Crippen LogP contribution in [0.4, 0.5) is 5.69 Å². The van der Waals surface area contributed by atoms with Crippen LogP contribution in [0.3, 0.4) is 0 Å². The van der Waals surface area contributed by atoms with Crippen molar-refractivity contribution in [2.24, 2.45) is 0 Å². The van der Waals surface area contributed by atoms with Crippen LogP contribution >= 0.6 is 11.6 Å². The number of hydrogen-bond acceptors (Lipinski definition) is 4. The summed E-state index contributed by atoms with van der Waals surface area (Å²) in [6, 6.07) is 21.4. The Balaban J connectivity index is 1.66. The van der Waals surface area contributed by atoms with Gasteiger partial charge in [-0.1, -0.05) is 72.5 Å². The van der Waals surface area contributed by atoms with Crippen LogP contribution in [0, 0.1) is 6.92 Å². The molecule has 1 fully saturated rings. The number of anilines is 1. The molecule has 0 bridgehead atoms. The maximum absolute atomic E-state index is 13.9. The number of carbonyl (C=O) groups excluding carboxylic acids is 2. The van der Waals surface area contributed by atoms with Crippen LogP contribution in [0.2, 0.25) is 5.02 Å². The van der Waals surface area contributed by atoms with Gasteiger partial charge in [-0.3, -0.25) is 13.9 Å². The highest BCUT2D eigenvalue weighted by atomic mass is 35.5. The number of halogens is 1. The maximum Gasteiger partial charge on any atom is 0.264 e. The van der Waals surface area contributed by atoms with Gasteiger partial charge in [0.05, 0.1) is 10.6 Å². The fourth-order valence-corrected chi connectivity index (χ4v) is 6.27. The van der Waals surface area contributed by atoms with Gasteiger partial charge in [-0.15, -0.1) is 0 Å². The van der Waals surface area contributed by atoms with Gasteiger partial charge in [0.25, 0.3) is 10.0 Å². The number of rotatable bonds is 10. The predicted octanol–water partition coefficient (Wildman–Crippen LogP) is 5.32. The molecule has 1 N–H and O–H groups in total. The van der Waals surface area contributed by atoms with E-state index in [1.165, 1.54) is 17.0 Å². The van der Waals surface area contributed by atoms with E-state index in [2.05, 4.69) is 5.32 Å². The van der Waals surface area contributed by atoms with Crippen molar-refractivity contribution in [1.29, 1.82) is 0 Å². The predicted molar refractivity (Wildman–Crippen MR) is 154 cm³/mol. The lowest BCUT2D eigenvalue weighted by molar-refractivity contribution is -0.139. The van der Waals surface area contributed by atoms with Gasteiger partial charge < -0.3 is 10.2 Å². The molecule has 2 amide bonds. The Morgan fingerprint density at radius 1 is 0.949 bits per heavy atom. The number of nitrogens with one attached hydrogen (secondary N) is 1. The Morgan fingerprint density at radius 3 is 2.18 bits per heavy atom. The minimum absolute atomic E-state index is 0.0671. The number of hydrogen-bond donors (Lipinski definition) is 1. The van der Waals surface area contributed by atoms with Gasteiger partial charge in [0.15, 0.2) is 0 Å². The summed E-state index contributed by atoms with van der Waals surface area (Å²) in [5.41, 5.74) is 2.06. The van der Waals surface area contributed by atoms with E-state index < -0.39 is 28.5 Å². The van der Waals surface area contributed by atoms with Crippen molar-refractivity contribution in [3.05, 3.63) is 95.0 Å². The van der Waals surface area contributed by atoms with Gasteiger partial charge in [0.1, 0.15) is 12.6 Å². The molecule has 0 saturated heterocycles. The first-order valence-electron chi connectivity index (χ1n) is 13.1. The van der Waals surface area contributed by atoms with E-state index in [-0.39, 0.29) is 23.4 Å². The van der Waals surface area contributed by atoms with Gasteiger partial charge in [-0.25, -0.2) is 8.42 Å². The van der Waals surface area contributed by atoms with E-state index in [9.17, 15) is 18.0 Å². The summed E-state index contributed by atoms with van der Waals surface area (Å²) in [6.45, 7) is 3.24. The van der Waals surface area contributed by atoms with E-state index in [4.69, 9.17) is 11.6 Å². The quantitative estimate of drug-likeness (QED) is 0.359. The minimum Gasteiger partial charge on any atom is -0.352 e. The highest BCUT2D eigenvalue weighted by Gasteiger charge is 2.33. The van der Waals surface area contributed by atoms with Crippen molar-refractivity contribution in [3.8, 4) is 0 Å². The molecule has 1 aliphatic carbocycles. The Hall–Kier alpha value is -3.36. The second kappa shape index (κ2) is 12.7. The average molecular weight is 568 g/mol. The Labute approximate surface area is 235 Å². The molecule has 1 aliphatic rings. The minimum atomic E-state index is -4.11. The molecule has 7 nitrogen and oxygen atoms in total. The number of sulfonamides is 1. The molecule has 0 aromatic heterocycles. The lowest BCUT2D eigenvalue weighted by Gasteiger charge is -2.32. The summed E-state index contributed by atoms with van der Waals surface area (Å²) in [6.07, 6.45) is 3.98. The Morgan fingerprint density at radius 2 is 1.56 bits per heavy atom. The summed E-state index contributed by atoms with van der Waals surface area (Å²) >= 11 is 6.07. The van der Waals surface area contributed by atoms with Crippen LogP contribution in [0.15, 0.2) is 83.8 Å². The largest absolute Gasteiger partial charge is 0.352 e. The van der Waals surface area contributed by atoms with Crippen molar-refractivity contribution < 1.29 is 18.0 Å². The van der Waals surface area contributed by atoms with Gasteiger partial charge in [0.2, 0.25) is 11.8 Å². The van der Waals surface area contributed by atoms with Gasteiger partial charge in [-0.2, -0.15) is 0 Å². The molecule has 206 valence electrons. The molecular weight excluding hydrogens is 534 g/mol. The number of nitrogens with zero attached hydrogens (tertiary/aromatic N) is 2. The van der Waals surface area contributed by atoms with Gasteiger partial charge >= 0.3 is 0 Å². The van der Waals surface area contributed by atoms with Crippen molar-refractivity contribution >= 4 is 39.1 Å². The van der Waals surface area contributed by atoms with Crippen LogP contribution < -0.4 is 9.62 Å². The monoisotopic (exact) mass is 567 g/mol. The standard InChI is InChI=1S/C30H34ClN3O4S/c1-22-12-18-28(19-13-22)39(37,38)34(27-16-14-25(31)15-17-27)21-29(35)33(20-24-8-4-3-5-9-24)23(2)30(36)32-26-10-6-7-11-26/h3-5,8-9,12-19,23,26H,6-7,10-11,20-21H2,1-2H3,(H,32,36)/t23-/m0/s1. The van der Waals surface area contributed by atoms with Gasteiger partial charge in [-0.05, 0) is 68.7 Å². The Bertz CT molecular complexity index is 1370. The second-order valence-corrected chi connectivity index (χ2v) is 12.3. The molecule has 4 rings (SSSR count). The molecular formula is C30H34ClN3O4S. The smallest absolute Gasteiger partial charge is 0.264 e. The lowest BCUT2D eigenvalue weighted by Crippen LogP contribution is -2.52. The molecule has 0 spiro atoms. The number of carbonyl (C=O) groups is 2. The van der Waals surface area contributed by atoms with E-state index in [0.717, 1.165) is 41.1 Å². The number of amides is 2. The van der Waals surface area contributed by atoms with Crippen molar-refractivity contribution in [2.45, 2.75) is 63.1 Å². The molecule has 0 radical (unpaired) electrons. The normalized spacial score (nSPS) is 14.5. The molecule has 0 heterocycles. The number of benzene rings is 3. The topological polar surface area (TPSA) is 86.8 Å². The van der Waals surface area contributed by atoms with Crippen LogP contribution in [-0.2, 0) is 26.2 Å². The summed E-state index contributed by atoms with van der Waals surface area (Å²) in [7, 11) is -4.11. The number of aryl methyl sites for hydroxylation is 1. The average Bonchev–Trinajstić information content (AvgIpc) is 3.44. The summed E-state index contributed by atoms with van der Waals surface area (Å²) in [4.78, 5) is 28.7. The van der Waals surface area contributed by atoms with E-state index in [1.54, 1.807) is 43.3 Å². The summed E-state index contributed by atoms with van der Waals surface area (Å²) in [5.74, 6) is -0.732. The first kappa shape index (κ1) is 28.6. The van der Waals surface area contributed by atoms with Crippen molar-refractivity contribution in [1.82, 2.24) is 10.2 Å². The molecule has 1 saturated carbocycles. The van der Waals surface area contributed by atoms with Crippen LogP contribution in [0.5, 0.6) is 0 Å². The third-order valence-corrected chi connectivity index (χ3v) is 9.11. The first-order chi connectivity index (χ1) is 18.6. The highest BCUT2D eigenvalue weighted by Crippen LogP contribution is 2.26. The lowest BCUT2D eigenvalue weighted by atomic mass is 10.1. The zero-order valence-corrected chi connectivity index (χ0v) is 23.8. The molecule has 39 heavy (non-hydrogen) atoms. The molecule has 3 aromatic carbocycles. The molecule has 1 atom stereocenters. The first-order valence-corrected chi connectivity index (χ1v) is 15.0. The van der Waals surface area contributed by atoms with Crippen LogP contribution in [-0.4, -0.2) is 43.8 Å². The molecule has 9 heteroatoms. The van der Waals surface area contributed by atoms with E-state index in [0.29, 0.717) is 10.7 Å². The highest BCUT2D eigenvalue weighted by molar-refractivity contribution is 7.92. The third kappa shape index (κ3) is 7.19. The fourth-order valence-electron chi connectivity index (χ4n) is 4.73. The Kier molecular flexibility index (Phi) is 9.30. The van der Waals surface area contributed by atoms with Crippen molar-refractivity contribution in [2.75, 3.05) is 10.8 Å². The zero-order chi connectivity index (χ0) is 28.0. The van der Waals surface area contributed by atoms with Gasteiger partial charge in [0, 0.05) is 17.6 Å². The van der Waals surface area contributed by atoms with Crippen LogP contribution in [0.25, 0.3) is 0 Å². The molecule has 0 unspecified atom stereocenters. The zero-order valence-electron chi connectivity index (χ0n) is 22.2. The third-order valence-electron chi connectivity index (χ3n) is 7.07. The molecule has 0 aliphatic heterocycles. The SMILES string of the molecule is Cc1ccc(S(=O)(=O)N(CC(=O)N(Cc2ccccc2)[C@@H](C)C(=O)NC2CCCC2)c2ccc(Cl)cc2)cc1.